The summed E-state index contributed by atoms with van der Waals surface area (Å²) >= 11 is 12.3. The second kappa shape index (κ2) is 13.7. The molecule has 40 heavy (non-hydrogen) atoms. The SMILES string of the molecule is C=C(O)[C@H](O)CNC(=O)c1ccc(CN(C(=O)Nc2cc(Cl)cc(Cl)c2)c2ccc(C3CCCCC3)cc2)cc1. The van der Waals surface area contributed by atoms with E-state index in [1.165, 1.54) is 37.7 Å². The fourth-order valence-corrected chi connectivity index (χ4v) is 5.34. The highest BCUT2D eigenvalue weighted by atomic mass is 35.5. The standard InChI is InChI=1S/C31H33Cl2N3O4/c1-20(37)29(38)18-34-30(39)24-9-7-21(8-10-24)19-36(31(40)35-27-16-25(32)15-26(33)17-27)28-13-11-23(12-14-28)22-5-3-2-4-6-22/h7-17,22,29,37-38H,1-6,18-19H2,(H,34,39)(H,35,40)/t29-/m1/s1. The van der Waals surface area contributed by atoms with Crippen LogP contribution in [0.1, 0.15) is 59.5 Å². The number of rotatable bonds is 9. The summed E-state index contributed by atoms with van der Waals surface area (Å²) in [4.78, 5) is 27.6. The molecule has 0 saturated heterocycles. The molecule has 4 N–H and O–H groups in total. The lowest BCUT2D eigenvalue weighted by Gasteiger charge is -2.26. The molecule has 0 aliphatic heterocycles. The van der Waals surface area contributed by atoms with E-state index >= 15 is 0 Å². The molecule has 0 spiro atoms. The number of carbonyl (C=O) groups is 2. The highest BCUT2D eigenvalue weighted by Crippen LogP contribution is 2.34. The third kappa shape index (κ3) is 8.01. The quantitative estimate of drug-likeness (QED) is 0.197. The van der Waals surface area contributed by atoms with Crippen molar-refractivity contribution in [3.8, 4) is 0 Å². The van der Waals surface area contributed by atoms with Gasteiger partial charge in [0, 0.05) is 27.0 Å². The Bertz CT molecular complexity index is 1320. The monoisotopic (exact) mass is 581 g/mol. The number of halogens is 2. The van der Waals surface area contributed by atoms with E-state index in [0.717, 1.165) is 11.3 Å². The Labute approximate surface area is 244 Å². The van der Waals surface area contributed by atoms with Gasteiger partial charge in [0.05, 0.1) is 13.1 Å². The lowest BCUT2D eigenvalue weighted by atomic mass is 9.84. The molecular formula is C31H33Cl2N3O4. The zero-order valence-corrected chi connectivity index (χ0v) is 23.6. The fourth-order valence-electron chi connectivity index (χ4n) is 4.81. The van der Waals surface area contributed by atoms with E-state index in [1.807, 2.05) is 12.1 Å². The molecule has 1 saturated carbocycles. The summed E-state index contributed by atoms with van der Waals surface area (Å²) in [5.74, 6) is -0.271. The van der Waals surface area contributed by atoms with Gasteiger partial charge < -0.3 is 20.8 Å². The number of nitrogens with zero attached hydrogens (tertiary/aromatic N) is 1. The maximum atomic E-state index is 13.5. The Morgan fingerprint density at radius 2 is 1.57 bits per heavy atom. The van der Waals surface area contributed by atoms with Crippen molar-refractivity contribution in [1.82, 2.24) is 5.32 Å². The van der Waals surface area contributed by atoms with Crippen LogP contribution >= 0.6 is 23.2 Å². The molecule has 0 radical (unpaired) electrons. The van der Waals surface area contributed by atoms with Crippen LogP contribution in [0.5, 0.6) is 0 Å². The van der Waals surface area contributed by atoms with E-state index in [-0.39, 0.29) is 19.1 Å². The summed E-state index contributed by atoms with van der Waals surface area (Å²) in [5.41, 5.74) is 3.67. The molecule has 3 aromatic carbocycles. The number of benzene rings is 3. The van der Waals surface area contributed by atoms with Crippen molar-refractivity contribution < 1.29 is 19.8 Å². The van der Waals surface area contributed by atoms with Gasteiger partial charge in [-0.15, -0.1) is 0 Å². The highest BCUT2D eigenvalue weighted by Gasteiger charge is 2.20. The summed E-state index contributed by atoms with van der Waals surface area (Å²) in [6.45, 7) is 3.34. The molecule has 9 heteroatoms. The van der Waals surface area contributed by atoms with Crippen LogP contribution in [0.25, 0.3) is 0 Å². The number of hydrogen-bond donors (Lipinski definition) is 4. The Morgan fingerprint density at radius 1 is 0.950 bits per heavy atom. The van der Waals surface area contributed by atoms with Gasteiger partial charge in [0.25, 0.3) is 5.91 Å². The van der Waals surface area contributed by atoms with Gasteiger partial charge in [-0.1, -0.05) is 73.3 Å². The molecule has 0 heterocycles. The van der Waals surface area contributed by atoms with Gasteiger partial charge in [-0.05, 0) is 72.4 Å². The summed E-state index contributed by atoms with van der Waals surface area (Å²) in [7, 11) is 0. The molecule has 1 fully saturated rings. The average molecular weight is 583 g/mol. The van der Waals surface area contributed by atoms with Gasteiger partial charge in [0.2, 0.25) is 0 Å². The van der Waals surface area contributed by atoms with E-state index in [4.69, 9.17) is 23.2 Å². The lowest BCUT2D eigenvalue weighted by molar-refractivity contribution is 0.0911. The molecule has 0 bridgehead atoms. The van der Waals surface area contributed by atoms with Crippen molar-refractivity contribution in [2.75, 3.05) is 16.8 Å². The van der Waals surface area contributed by atoms with Crippen LogP contribution in [0.3, 0.4) is 0 Å². The summed E-state index contributed by atoms with van der Waals surface area (Å²) in [6.07, 6.45) is 4.91. The highest BCUT2D eigenvalue weighted by molar-refractivity contribution is 6.35. The van der Waals surface area contributed by atoms with E-state index in [2.05, 4.69) is 29.3 Å². The summed E-state index contributed by atoms with van der Waals surface area (Å²) in [5, 5.41) is 25.1. The summed E-state index contributed by atoms with van der Waals surface area (Å²) in [6, 6.07) is 19.5. The minimum Gasteiger partial charge on any atom is -0.510 e. The van der Waals surface area contributed by atoms with E-state index in [0.29, 0.717) is 27.2 Å². The Balaban J connectivity index is 1.52. The summed E-state index contributed by atoms with van der Waals surface area (Å²) < 4.78 is 0. The van der Waals surface area contributed by atoms with Gasteiger partial charge in [0.15, 0.2) is 0 Å². The Kier molecular flexibility index (Phi) is 10.1. The van der Waals surface area contributed by atoms with Crippen molar-refractivity contribution in [2.45, 2.75) is 50.7 Å². The number of amides is 3. The number of carbonyl (C=O) groups excluding carboxylic acids is 2. The van der Waals surface area contributed by atoms with Gasteiger partial charge in [0.1, 0.15) is 11.9 Å². The fraction of sp³-hybridized carbons (Fsp3) is 0.290. The van der Waals surface area contributed by atoms with Crippen molar-refractivity contribution in [1.29, 1.82) is 0 Å². The van der Waals surface area contributed by atoms with Crippen molar-refractivity contribution in [3.63, 3.8) is 0 Å². The van der Waals surface area contributed by atoms with Crippen LogP contribution < -0.4 is 15.5 Å². The lowest BCUT2D eigenvalue weighted by Crippen LogP contribution is -2.34. The number of aliphatic hydroxyl groups is 2. The maximum Gasteiger partial charge on any atom is 0.326 e. The molecule has 1 aliphatic rings. The van der Waals surface area contributed by atoms with E-state index < -0.39 is 17.8 Å². The molecular weight excluding hydrogens is 549 g/mol. The molecule has 1 atom stereocenters. The molecule has 4 rings (SSSR count). The molecule has 3 amide bonds. The molecule has 210 valence electrons. The van der Waals surface area contributed by atoms with Crippen LogP contribution in [-0.2, 0) is 6.54 Å². The van der Waals surface area contributed by atoms with E-state index in [1.54, 1.807) is 47.4 Å². The Hall–Kier alpha value is -3.52. The van der Waals surface area contributed by atoms with Crippen LogP contribution in [0.2, 0.25) is 10.0 Å². The van der Waals surface area contributed by atoms with Crippen molar-refractivity contribution in [3.05, 3.63) is 106 Å². The van der Waals surface area contributed by atoms with Crippen molar-refractivity contribution in [2.24, 2.45) is 0 Å². The second-order valence-corrected chi connectivity index (χ2v) is 10.9. The van der Waals surface area contributed by atoms with Crippen LogP contribution in [0.4, 0.5) is 16.2 Å². The maximum absolute atomic E-state index is 13.5. The van der Waals surface area contributed by atoms with E-state index in [9.17, 15) is 19.8 Å². The first-order chi connectivity index (χ1) is 19.2. The number of nitrogens with one attached hydrogen (secondary N) is 2. The first-order valence-corrected chi connectivity index (χ1v) is 14.0. The van der Waals surface area contributed by atoms with Gasteiger partial charge in [-0.3, -0.25) is 9.69 Å². The van der Waals surface area contributed by atoms with Crippen LogP contribution in [-0.4, -0.2) is 34.8 Å². The minimum absolute atomic E-state index is 0.158. The average Bonchev–Trinajstić information content (AvgIpc) is 2.94. The number of anilines is 2. The first kappa shape index (κ1) is 29.5. The zero-order chi connectivity index (χ0) is 28.6. The predicted octanol–water partition coefficient (Wildman–Crippen LogP) is 7.44. The molecule has 0 unspecified atom stereocenters. The normalized spacial score (nSPS) is 14.3. The third-order valence-corrected chi connectivity index (χ3v) is 7.47. The smallest absolute Gasteiger partial charge is 0.326 e. The van der Waals surface area contributed by atoms with Crippen LogP contribution in [0.15, 0.2) is 79.1 Å². The Morgan fingerprint density at radius 3 is 2.17 bits per heavy atom. The van der Waals surface area contributed by atoms with Crippen LogP contribution in [0, 0.1) is 0 Å². The second-order valence-electron chi connectivity index (χ2n) is 10.0. The molecule has 3 aromatic rings. The number of hydrogen-bond acceptors (Lipinski definition) is 4. The number of urea groups is 1. The molecule has 0 aromatic heterocycles. The topological polar surface area (TPSA) is 102 Å². The number of aliphatic hydroxyl groups excluding tert-OH is 2. The van der Waals surface area contributed by atoms with Gasteiger partial charge in [-0.25, -0.2) is 4.79 Å². The molecule has 1 aliphatic carbocycles. The third-order valence-electron chi connectivity index (χ3n) is 7.04. The first-order valence-electron chi connectivity index (χ1n) is 13.3. The molecule has 7 nitrogen and oxygen atoms in total. The van der Waals surface area contributed by atoms with Gasteiger partial charge >= 0.3 is 6.03 Å². The largest absolute Gasteiger partial charge is 0.510 e. The zero-order valence-electron chi connectivity index (χ0n) is 22.1. The van der Waals surface area contributed by atoms with Gasteiger partial charge in [-0.2, -0.15) is 0 Å². The predicted molar refractivity (Wildman–Crippen MR) is 160 cm³/mol. The van der Waals surface area contributed by atoms with Crippen molar-refractivity contribution >= 4 is 46.5 Å². The minimum atomic E-state index is -1.24.